The first-order valence-corrected chi connectivity index (χ1v) is 4.39. The third-order valence-corrected chi connectivity index (χ3v) is 2.35. The first-order chi connectivity index (χ1) is 6.57. The predicted octanol–water partition coefficient (Wildman–Crippen LogP) is 2.37. The molecule has 1 aromatic rings. The van der Waals surface area contributed by atoms with Crippen molar-refractivity contribution in [3.8, 4) is 0 Å². The van der Waals surface area contributed by atoms with Gasteiger partial charge in [0, 0.05) is 13.1 Å². The molecule has 1 aliphatic rings. The van der Waals surface area contributed by atoms with Crippen molar-refractivity contribution in [2.75, 3.05) is 6.54 Å². The molecule has 0 spiro atoms. The van der Waals surface area contributed by atoms with Crippen LogP contribution in [0, 0.1) is 0 Å². The van der Waals surface area contributed by atoms with E-state index < -0.39 is 11.7 Å². The molecule has 0 saturated heterocycles. The van der Waals surface area contributed by atoms with Gasteiger partial charge in [-0.1, -0.05) is 6.07 Å². The number of benzene rings is 1. The Morgan fingerprint density at radius 3 is 2.64 bits per heavy atom. The average Bonchev–Trinajstić information content (AvgIpc) is 2.16. The normalized spacial score (nSPS) is 16.5. The second-order valence-corrected chi connectivity index (χ2v) is 3.34. The number of hydrogen-bond donors (Lipinski definition) is 0. The molecule has 0 aromatic heterocycles. The molecule has 14 heavy (non-hydrogen) atoms. The summed E-state index contributed by atoms with van der Waals surface area (Å²) in [5.41, 5.74) is 1.15. The molecule has 4 heteroatoms. The van der Waals surface area contributed by atoms with Crippen LogP contribution >= 0.6 is 0 Å². The van der Waals surface area contributed by atoms with Gasteiger partial charge in [-0.2, -0.15) is 13.2 Å². The van der Waals surface area contributed by atoms with Crippen molar-refractivity contribution in [2.24, 2.45) is 0 Å². The quantitative estimate of drug-likeness (QED) is 0.610. The Morgan fingerprint density at radius 1 is 1.14 bits per heavy atom. The summed E-state index contributed by atoms with van der Waals surface area (Å²) >= 11 is 0. The van der Waals surface area contributed by atoms with Gasteiger partial charge in [0.1, 0.15) is 0 Å². The van der Waals surface area contributed by atoms with Gasteiger partial charge in [0.15, 0.2) is 0 Å². The van der Waals surface area contributed by atoms with Crippen LogP contribution in [-0.4, -0.2) is 6.54 Å². The van der Waals surface area contributed by atoms with Crippen molar-refractivity contribution in [3.63, 3.8) is 0 Å². The molecule has 0 saturated carbocycles. The number of alkyl halides is 3. The highest BCUT2D eigenvalue weighted by Gasteiger charge is 2.31. The largest absolute Gasteiger partial charge is 0.416 e. The molecular formula is C10H9F3N. The van der Waals surface area contributed by atoms with Crippen LogP contribution in [0.15, 0.2) is 18.2 Å². The minimum Gasteiger partial charge on any atom is -0.237 e. The highest BCUT2D eigenvalue weighted by Crippen LogP contribution is 2.31. The number of fused-ring (bicyclic) bond motifs is 1. The fourth-order valence-corrected chi connectivity index (χ4v) is 1.59. The smallest absolute Gasteiger partial charge is 0.237 e. The van der Waals surface area contributed by atoms with Gasteiger partial charge in [-0.25, -0.2) is 5.32 Å². The average molecular weight is 200 g/mol. The summed E-state index contributed by atoms with van der Waals surface area (Å²) in [4.78, 5) is 0. The highest BCUT2D eigenvalue weighted by molar-refractivity contribution is 5.34. The third-order valence-electron chi connectivity index (χ3n) is 2.35. The van der Waals surface area contributed by atoms with Gasteiger partial charge < -0.3 is 0 Å². The maximum atomic E-state index is 12.3. The number of halogens is 3. The van der Waals surface area contributed by atoms with Gasteiger partial charge in [0.05, 0.1) is 5.56 Å². The lowest BCUT2D eigenvalue weighted by molar-refractivity contribution is -0.137. The summed E-state index contributed by atoms with van der Waals surface area (Å²) in [5.74, 6) is 0. The molecule has 1 aromatic carbocycles. The van der Waals surface area contributed by atoms with Gasteiger partial charge in [-0.05, 0) is 29.7 Å². The van der Waals surface area contributed by atoms with Crippen molar-refractivity contribution in [1.29, 1.82) is 0 Å². The molecule has 0 bridgehead atoms. The molecule has 0 aliphatic carbocycles. The Labute approximate surface area is 79.9 Å². The number of hydrogen-bond acceptors (Lipinski definition) is 0. The lowest BCUT2D eigenvalue weighted by Gasteiger charge is -2.17. The molecule has 1 aliphatic heterocycles. The van der Waals surface area contributed by atoms with Crippen LogP contribution in [0.2, 0.25) is 0 Å². The van der Waals surface area contributed by atoms with Crippen molar-refractivity contribution in [3.05, 3.63) is 34.9 Å². The van der Waals surface area contributed by atoms with E-state index in [2.05, 4.69) is 5.32 Å². The molecule has 1 heterocycles. The predicted molar refractivity (Wildman–Crippen MR) is 45.9 cm³/mol. The standard InChI is InChI=1S/C10H9F3N/c11-10(12,13)9-2-1-8-6-14-4-3-7(8)5-9/h1-2,5H,3-4,6H2. The van der Waals surface area contributed by atoms with Gasteiger partial charge in [0.2, 0.25) is 0 Å². The van der Waals surface area contributed by atoms with E-state index in [0.717, 1.165) is 17.2 Å². The van der Waals surface area contributed by atoms with Crippen LogP contribution in [0.4, 0.5) is 13.2 Å². The molecular weight excluding hydrogens is 191 g/mol. The fourth-order valence-electron chi connectivity index (χ4n) is 1.59. The second kappa shape index (κ2) is 3.28. The van der Waals surface area contributed by atoms with Gasteiger partial charge >= 0.3 is 6.18 Å². The van der Waals surface area contributed by atoms with E-state index >= 15 is 0 Å². The Balaban J connectivity index is 2.39. The zero-order valence-electron chi connectivity index (χ0n) is 7.43. The summed E-state index contributed by atoms with van der Waals surface area (Å²) in [6.07, 6.45) is -3.61. The molecule has 0 N–H and O–H groups in total. The Bertz CT molecular complexity index is 344. The number of rotatable bonds is 0. The molecule has 1 nitrogen and oxygen atoms in total. The Kier molecular flexibility index (Phi) is 2.23. The third kappa shape index (κ3) is 1.75. The van der Waals surface area contributed by atoms with E-state index in [-0.39, 0.29) is 0 Å². The molecule has 0 atom stereocenters. The van der Waals surface area contributed by atoms with Crippen LogP contribution in [0.25, 0.3) is 0 Å². The van der Waals surface area contributed by atoms with E-state index in [1.54, 1.807) is 0 Å². The van der Waals surface area contributed by atoms with Crippen LogP contribution < -0.4 is 5.32 Å². The summed E-state index contributed by atoms with van der Waals surface area (Å²) in [5, 5.41) is 4.13. The van der Waals surface area contributed by atoms with E-state index in [1.165, 1.54) is 12.1 Å². The molecule has 0 fully saturated rings. The SMILES string of the molecule is FC(F)(F)c1ccc2c(c1)CC[N]C2. The maximum Gasteiger partial charge on any atom is 0.416 e. The Hall–Kier alpha value is -1.03. The fraction of sp³-hybridized carbons (Fsp3) is 0.400. The van der Waals surface area contributed by atoms with Gasteiger partial charge in [-0.15, -0.1) is 0 Å². The lowest BCUT2D eigenvalue weighted by Crippen LogP contribution is -2.18. The zero-order valence-corrected chi connectivity index (χ0v) is 7.43. The molecule has 0 unspecified atom stereocenters. The lowest BCUT2D eigenvalue weighted by atomic mass is 9.98. The van der Waals surface area contributed by atoms with Crippen molar-refractivity contribution >= 4 is 0 Å². The highest BCUT2D eigenvalue weighted by atomic mass is 19.4. The van der Waals surface area contributed by atoms with Gasteiger partial charge in [-0.3, -0.25) is 0 Å². The summed E-state index contributed by atoms with van der Waals surface area (Å²) in [6, 6.07) is 3.89. The van der Waals surface area contributed by atoms with Crippen molar-refractivity contribution in [1.82, 2.24) is 5.32 Å². The van der Waals surface area contributed by atoms with Crippen molar-refractivity contribution < 1.29 is 13.2 Å². The monoisotopic (exact) mass is 200 g/mol. The molecule has 0 amide bonds. The van der Waals surface area contributed by atoms with Gasteiger partial charge in [0.25, 0.3) is 0 Å². The number of nitrogens with zero attached hydrogens (tertiary/aromatic N) is 1. The maximum absolute atomic E-state index is 12.3. The van der Waals surface area contributed by atoms with Crippen LogP contribution in [0.3, 0.4) is 0 Å². The minimum atomic E-state index is -4.23. The van der Waals surface area contributed by atoms with Crippen LogP contribution in [0.5, 0.6) is 0 Å². The summed E-state index contributed by atoms with van der Waals surface area (Å²) in [7, 11) is 0. The first kappa shape index (κ1) is 9.52. The van der Waals surface area contributed by atoms with Crippen LogP contribution in [0.1, 0.15) is 16.7 Å². The zero-order chi connectivity index (χ0) is 10.2. The van der Waals surface area contributed by atoms with E-state index in [0.29, 0.717) is 19.5 Å². The van der Waals surface area contributed by atoms with Crippen LogP contribution in [-0.2, 0) is 19.1 Å². The van der Waals surface area contributed by atoms with Crippen molar-refractivity contribution in [2.45, 2.75) is 19.1 Å². The van der Waals surface area contributed by atoms with E-state index in [4.69, 9.17) is 0 Å². The molecule has 2 rings (SSSR count). The first-order valence-electron chi connectivity index (χ1n) is 4.39. The summed E-state index contributed by atoms with van der Waals surface area (Å²) < 4.78 is 37.0. The van der Waals surface area contributed by atoms with E-state index in [9.17, 15) is 13.2 Å². The molecule has 1 radical (unpaired) electrons. The topological polar surface area (TPSA) is 14.1 Å². The Morgan fingerprint density at radius 2 is 1.93 bits per heavy atom. The molecule has 75 valence electrons. The summed E-state index contributed by atoms with van der Waals surface area (Å²) in [6.45, 7) is 1.18. The minimum absolute atomic E-state index is 0.549. The van der Waals surface area contributed by atoms with E-state index in [1.807, 2.05) is 0 Å². The second-order valence-electron chi connectivity index (χ2n) is 3.34.